The lowest BCUT2D eigenvalue weighted by atomic mass is 10.2. The summed E-state index contributed by atoms with van der Waals surface area (Å²) in [6, 6.07) is -1.06. The van der Waals surface area contributed by atoms with E-state index < -0.39 is 18.0 Å². The zero-order chi connectivity index (χ0) is 13.1. The predicted octanol–water partition coefficient (Wildman–Crippen LogP) is -0.167. The van der Waals surface area contributed by atoms with Gasteiger partial charge in [0.2, 0.25) is 0 Å². The molecule has 1 atom stereocenters. The van der Waals surface area contributed by atoms with Crippen LogP contribution in [0, 0.1) is 0 Å². The maximum Gasteiger partial charge on any atom is 0.320 e. The van der Waals surface area contributed by atoms with Gasteiger partial charge in [-0.05, 0) is 13.3 Å². The van der Waals surface area contributed by atoms with Crippen LogP contribution in [0.2, 0.25) is 0 Å². The van der Waals surface area contributed by atoms with Gasteiger partial charge < -0.3 is 20.7 Å². The van der Waals surface area contributed by atoms with Gasteiger partial charge in [-0.25, -0.2) is 0 Å². The average Bonchev–Trinajstić information content (AvgIpc) is 2.14. The highest BCUT2D eigenvalue weighted by Crippen LogP contribution is 1.93. The Morgan fingerprint density at radius 3 is 2.00 bits per heavy atom. The van der Waals surface area contributed by atoms with E-state index in [1.54, 1.807) is 6.92 Å². The standard InChI is InChI=1S/C5H9NO4.C4H8O2/c6-3(5(9)10)1-2-4(7)8;1-3-6-4(2)5/h3H,1-2,6H2,(H,7,8)(H,9,10);3H2,1-2H3/t3-;/m0./s1. The zero-order valence-corrected chi connectivity index (χ0v) is 9.30. The number of hydrogen-bond donors (Lipinski definition) is 3. The molecule has 0 unspecified atom stereocenters. The van der Waals surface area contributed by atoms with Gasteiger partial charge in [0, 0.05) is 13.3 Å². The Labute approximate surface area is 93.2 Å². The van der Waals surface area contributed by atoms with Crippen molar-refractivity contribution in [1.82, 2.24) is 0 Å². The van der Waals surface area contributed by atoms with Crippen LogP contribution in [0.3, 0.4) is 0 Å². The van der Waals surface area contributed by atoms with Crippen LogP contribution in [0.1, 0.15) is 26.7 Å². The zero-order valence-electron chi connectivity index (χ0n) is 9.30. The van der Waals surface area contributed by atoms with Crippen molar-refractivity contribution in [2.24, 2.45) is 5.73 Å². The van der Waals surface area contributed by atoms with Gasteiger partial charge in [-0.2, -0.15) is 0 Å². The van der Waals surface area contributed by atoms with E-state index in [4.69, 9.17) is 15.9 Å². The molecule has 0 bridgehead atoms. The van der Waals surface area contributed by atoms with Gasteiger partial charge in [0.1, 0.15) is 6.04 Å². The summed E-state index contributed by atoms with van der Waals surface area (Å²) in [4.78, 5) is 29.7. The van der Waals surface area contributed by atoms with E-state index in [2.05, 4.69) is 4.74 Å². The number of hydrogen-bond acceptors (Lipinski definition) is 5. The SMILES string of the molecule is CCOC(C)=O.N[C@@H](CCC(=O)O)C(=O)O. The number of carbonyl (C=O) groups excluding carboxylic acids is 1. The smallest absolute Gasteiger partial charge is 0.320 e. The number of rotatable bonds is 5. The number of carboxylic acids is 2. The van der Waals surface area contributed by atoms with Gasteiger partial charge in [-0.3, -0.25) is 14.4 Å². The molecule has 0 spiro atoms. The highest BCUT2D eigenvalue weighted by atomic mass is 16.5. The quantitative estimate of drug-likeness (QED) is 0.564. The first-order valence-corrected chi connectivity index (χ1v) is 4.64. The van der Waals surface area contributed by atoms with E-state index in [1.165, 1.54) is 6.92 Å². The average molecular weight is 235 g/mol. The van der Waals surface area contributed by atoms with Crippen LogP contribution >= 0.6 is 0 Å². The van der Waals surface area contributed by atoms with Crippen LogP contribution in [-0.4, -0.2) is 40.8 Å². The second-order valence-corrected chi connectivity index (χ2v) is 2.80. The predicted molar refractivity (Wildman–Crippen MR) is 54.8 cm³/mol. The Morgan fingerprint density at radius 1 is 1.31 bits per heavy atom. The highest BCUT2D eigenvalue weighted by Gasteiger charge is 2.12. The fourth-order valence-corrected chi connectivity index (χ4v) is 0.606. The molecule has 94 valence electrons. The van der Waals surface area contributed by atoms with Crippen LogP contribution in [0.15, 0.2) is 0 Å². The third-order valence-electron chi connectivity index (χ3n) is 1.33. The maximum atomic E-state index is 9.99. The van der Waals surface area contributed by atoms with Crippen LogP contribution in [0.25, 0.3) is 0 Å². The largest absolute Gasteiger partial charge is 0.481 e. The molecule has 0 amide bonds. The summed E-state index contributed by atoms with van der Waals surface area (Å²) in [6.45, 7) is 3.65. The van der Waals surface area contributed by atoms with E-state index in [-0.39, 0.29) is 18.8 Å². The van der Waals surface area contributed by atoms with E-state index >= 15 is 0 Å². The van der Waals surface area contributed by atoms with Gasteiger partial charge in [-0.15, -0.1) is 0 Å². The minimum atomic E-state index is -1.17. The second kappa shape index (κ2) is 9.91. The van der Waals surface area contributed by atoms with Gasteiger partial charge >= 0.3 is 17.9 Å². The minimum absolute atomic E-state index is 0.0231. The summed E-state index contributed by atoms with van der Waals surface area (Å²) in [6.07, 6.45) is -0.224. The molecule has 0 aliphatic carbocycles. The van der Waals surface area contributed by atoms with Crippen molar-refractivity contribution >= 4 is 17.9 Å². The molecule has 0 fully saturated rings. The second-order valence-electron chi connectivity index (χ2n) is 2.80. The summed E-state index contributed by atoms with van der Waals surface area (Å²) in [7, 11) is 0. The van der Waals surface area contributed by atoms with Gasteiger partial charge in [0.15, 0.2) is 0 Å². The van der Waals surface area contributed by atoms with E-state index in [0.717, 1.165) is 0 Å². The van der Waals surface area contributed by atoms with Crippen molar-refractivity contribution in [2.45, 2.75) is 32.7 Å². The molecule has 16 heavy (non-hydrogen) atoms. The topological polar surface area (TPSA) is 127 Å². The molecule has 0 saturated carbocycles. The lowest BCUT2D eigenvalue weighted by molar-refractivity contribution is -0.141. The van der Waals surface area contributed by atoms with Gasteiger partial charge in [-0.1, -0.05) is 0 Å². The number of carbonyl (C=O) groups is 3. The van der Waals surface area contributed by atoms with Crippen LogP contribution < -0.4 is 5.73 Å². The van der Waals surface area contributed by atoms with E-state index in [0.29, 0.717) is 6.61 Å². The monoisotopic (exact) mass is 235 g/mol. The van der Waals surface area contributed by atoms with E-state index in [1.807, 2.05) is 0 Å². The molecule has 0 heterocycles. The molecule has 7 heteroatoms. The van der Waals surface area contributed by atoms with E-state index in [9.17, 15) is 14.4 Å². The summed E-state index contributed by atoms with van der Waals surface area (Å²) < 4.78 is 4.40. The Bertz CT molecular complexity index is 240. The molecule has 0 aromatic carbocycles. The molecular formula is C9H17NO6. The number of esters is 1. The lowest BCUT2D eigenvalue weighted by Crippen LogP contribution is -2.30. The maximum absolute atomic E-state index is 9.99. The minimum Gasteiger partial charge on any atom is -0.481 e. The van der Waals surface area contributed by atoms with Crippen LogP contribution in [0.4, 0.5) is 0 Å². The van der Waals surface area contributed by atoms with Crippen molar-refractivity contribution in [2.75, 3.05) is 6.61 Å². The van der Waals surface area contributed by atoms with Crippen molar-refractivity contribution in [3.8, 4) is 0 Å². The van der Waals surface area contributed by atoms with Crippen LogP contribution in [0.5, 0.6) is 0 Å². The third kappa shape index (κ3) is 14.9. The molecule has 7 nitrogen and oxygen atoms in total. The molecule has 4 N–H and O–H groups in total. The van der Waals surface area contributed by atoms with Gasteiger partial charge in [0.05, 0.1) is 6.61 Å². The third-order valence-corrected chi connectivity index (χ3v) is 1.33. The first-order valence-electron chi connectivity index (χ1n) is 4.64. The van der Waals surface area contributed by atoms with Gasteiger partial charge in [0.25, 0.3) is 0 Å². The Balaban J connectivity index is 0. The Morgan fingerprint density at radius 2 is 1.81 bits per heavy atom. The number of carboxylic acid groups (broad SMARTS) is 2. The first-order chi connectivity index (χ1) is 7.31. The lowest BCUT2D eigenvalue weighted by Gasteiger charge is -2.01. The number of nitrogens with two attached hydrogens (primary N) is 1. The Kier molecular flexibility index (Phi) is 10.4. The van der Waals surface area contributed by atoms with Crippen molar-refractivity contribution in [3.63, 3.8) is 0 Å². The molecule has 0 rings (SSSR count). The van der Waals surface area contributed by atoms with Crippen molar-refractivity contribution in [3.05, 3.63) is 0 Å². The fraction of sp³-hybridized carbons (Fsp3) is 0.667. The molecule has 0 aliphatic rings. The first kappa shape index (κ1) is 16.8. The molecule has 0 aromatic rings. The number of ether oxygens (including phenoxy) is 1. The highest BCUT2D eigenvalue weighted by molar-refractivity contribution is 5.74. The number of aliphatic carboxylic acids is 2. The molecule has 0 aromatic heterocycles. The normalized spacial score (nSPS) is 10.7. The summed E-state index contributed by atoms with van der Waals surface area (Å²) in [5.74, 6) is -2.41. The molecular weight excluding hydrogens is 218 g/mol. The molecule has 0 aliphatic heterocycles. The van der Waals surface area contributed by atoms with Crippen LogP contribution in [-0.2, 0) is 19.1 Å². The van der Waals surface area contributed by atoms with Crippen molar-refractivity contribution in [1.29, 1.82) is 0 Å². The molecule has 0 radical (unpaired) electrons. The molecule has 0 saturated heterocycles. The summed E-state index contributed by atoms with van der Waals surface area (Å²) in [5.41, 5.74) is 5.00. The summed E-state index contributed by atoms with van der Waals surface area (Å²) >= 11 is 0. The summed E-state index contributed by atoms with van der Waals surface area (Å²) in [5, 5.41) is 16.3. The van der Waals surface area contributed by atoms with Crippen molar-refractivity contribution < 1.29 is 29.3 Å². The fourth-order valence-electron chi connectivity index (χ4n) is 0.606. The Hall–Kier alpha value is -1.63.